The SMILES string of the molecule is O=C(Nc1cnc(-n2cccn2)nc1)c1ccc(Oc2ccccc2)cc1. The maximum atomic E-state index is 12.4. The fourth-order valence-corrected chi connectivity index (χ4v) is 2.39. The molecule has 0 atom stereocenters. The maximum absolute atomic E-state index is 12.4. The summed E-state index contributed by atoms with van der Waals surface area (Å²) in [5.41, 5.74) is 1.01. The van der Waals surface area contributed by atoms with Crippen LogP contribution in [0.1, 0.15) is 10.4 Å². The molecular formula is C20H15N5O2. The number of anilines is 1. The van der Waals surface area contributed by atoms with Crippen molar-refractivity contribution >= 4 is 11.6 Å². The number of nitrogens with one attached hydrogen (secondary N) is 1. The highest BCUT2D eigenvalue weighted by atomic mass is 16.5. The fourth-order valence-electron chi connectivity index (χ4n) is 2.39. The smallest absolute Gasteiger partial charge is 0.255 e. The van der Waals surface area contributed by atoms with Gasteiger partial charge in [0.2, 0.25) is 0 Å². The second kappa shape index (κ2) is 7.49. The van der Waals surface area contributed by atoms with Crippen molar-refractivity contribution in [2.45, 2.75) is 0 Å². The number of para-hydroxylation sites is 1. The third-order valence-corrected chi connectivity index (χ3v) is 3.70. The number of amides is 1. The van der Waals surface area contributed by atoms with E-state index in [1.54, 1.807) is 42.7 Å². The summed E-state index contributed by atoms with van der Waals surface area (Å²) in [6.07, 6.45) is 6.46. The van der Waals surface area contributed by atoms with Crippen LogP contribution in [0.5, 0.6) is 11.5 Å². The van der Waals surface area contributed by atoms with Crippen molar-refractivity contribution < 1.29 is 9.53 Å². The molecule has 4 aromatic rings. The van der Waals surface area contributed by atoms with Gasteiger partial charge in [-0.1, -0.05) is 18.2 Å². The van der Waals surface area contributed by atoms with E-state index in [2.05, 4.69) is 20.4 Å². The molecule has 0 fully saturated rings. The molecule has 2 aromatic heterocycles. The predicted molar refractivity (Wildman–Crippen MR) is 100 cm³/mol. The molecule has 0 aliphatic carbocycles. The molecule has 0 saturated carbocycles. The number of rotatable bonds is 5. The van der Waals surface area contributed by atoms with E-state index >= 15 is 0 Å². The molecule has 1 N–H and O–H groups in total. The summed E-state index contributed by atoms with van der Waals surface area (Å²) in [6, 6.07) is 18.1. The Kier molecular flexibility index (Phi) is 4.57. The van der Waals surface area contributed by atoms with Crippen LogP contribution in [0.25, 0.3) is 5.95 Å². The third-order valence-electron chi connectivity index (χ3n) is 3.70. The molecule has 0 saturated heterocycles. The van der Waals surface area contributed by atoms with Crippen LogP contribution in [-0.4, -0.2) is 25.7 Å². The number of hydrogen-bond donors (Lipinski definition) is 1. The normalized spacial score (nSPS) is 10.4. The van der Waals surface area contributed by atoms with E-state index in [0.29, 0.717) is 22.9 Å². The van der Waals surface area contributed by atoms with Gasteiger partial charge >= 0.3 is 0 Å². The van der Waals surface area contributed by atoms with Crippen molar-refractivity contribution in [1.82, 2.24) is 19.7 Å². The van der Waals surface area contributed by atoms with Gasteiger partial charge in [-0.05, 0) is 42.5 Å². The Bertz CT molecular complexity index is 1010. The van der Waals surface area contributed by atoms with E-state index in [0.717, 1.165) is 5.75 Å². The number of aromatic nitrogens is 4. The van der Waals surface area contributed by atoms with Crippen molar-refractivity contribution in [3.8, 4) is 17.4 Å². The molecule has 0 aliphatic heterocycles. The van der Waals surface area contributed by atoms with Crippen LogP contribution in [0.4, 0.5) is 5.69 Å². The van der Waals surface area contributed by atoms with E-state index in [1.165, 1.54) is 17.1 Å². The minimum Gasteiger partial charge on any atom is -0.457 e. The lowest BCUT2D eigenvalue weighted by molar-refractivity contribution is 0.102. The van der Waals surface area contributed by atoms with Gasteiger partial charge in [0.1, 0.15) is 11.5 Å². The summed E-state index contributed by atoms with van der Waals surface area (Å²) in [7, 11) is 0. The number of benzene rings is 2. The highest BCUT2D eigenvalue weighted by Gasteiger charge is 2.08. The van der Waals surface area contributed by atoms with Crippen molar-refractivity contribution in [3.05, 3.63) is 91.0 Å². The first-order chi connectivity index (χ1) is 13.3. The summed E-state index contributed by atoms with van der Waals surface area (Å²) in [5, 5.41) is 6.82. The average Bonchev–Trinajstić information content (AvgIpc) is 3.25. The average molecular weight is 357 g/mol. The second-order valence-electron chi connectivity index (χ2n) is 5.62. The predicted octanol–water partition coefficient (Wildman–Crippen LogP) is 3.71. The molecule has 2 heterocycles. The Hall–Kier alpha value is -4.00. The Morgan fingerprint density at radius 2 is 1.59 bits per heavy atom. The molecule has 0 bridgehead atoms. The minimum absolute atomic E-state index is 0.253. The van der Waals surface area contributed by atoms with Crippen molar-refractivity contribution in [2.24, 2.45) is 0 Å². The van der Waals surface area contributed by atoms with E-state index in [4.69, 9.17) is 4.74 Å². The third kappa shape index (κ3) is 3.98. The Balaban J connectivity index is 1.40. The van der Waals surface area contributed by atoms with Gasteiger partial charge in [-0.25, -0.2) is 14.6 Å². The van der Waals surface area contributed by atoms with Crippen LogP contribution in [0.3, 0.4) is 0 Å². The number of nitrogens with zero attached hydrogens (tertiary/aromatic N) is 4. The van der Waals surface area contributed by atoms with Gasteiger partial charge in [-0.2, -0.15) is 5.10 Å². The molecule has 1 amide bonds. The molecule has 132 valence electrons. The van der Waals surface area contributed by atoms with Gasteiger partial charge in [-0.3, -0.25) is 4.79 Å². The molecule has 4 rings (SSSR count). The van der Waals surface area contributed by atoms with Crippen molar-refractivity contribution in [1.29, 1.82) is 0 Å². The standard InChI is InChI=1S/C20H15N5O2/c26-19(24-16-13-21-20(22-14-16)25-12-4-11-23-25)15-7-9-18(10-8-15)27-17-5-2-1-3-6-17/h1-14H,(H,24,26). The molecule has 27 heavy (non-hydrogen) atoms. The lowest BCUT2D eigenvalue weighted by Crippen LogP contribution is -2.12. The van der Waals surface area contributed by atoms with E-state index in [-0.39, 0.29) is 5.91 Å². The zero-order chi connectivity index (χ0) is 18.5. The molecule has 0 unspecified atom stereocenters. The summed E-state index contributed by atoms with van der Waals surface area (Å²) in [4.78, 5) is 20.7. The van der Waals surface area contributed by atoms with Crippen LogP contribution in [0.2, 0.25) is 0 Å². The quantitative estimate of drug-likeness (QED) is 0.589. The Morgan fingerprint density at radius 1 is 0.889 bits per heavy atom. The summed E-state index contributed by atoms with van der Waals surface area (Å²) >= 11 is 0. The number of hydrogen-bond acceptors (Lipinski definition) is 5. The van der Waals surface area contributed by atoms with Crippen LogP contribution >= 0.6 is 0 Å². The minimum atomic E-state index is -0.253. The molecule has 2 aromatic carbocycles. The van der Waals surface area contributed by atoms with Crippen LogP contribution in [0.15, 0.2) is 85.5 Å². The van der Waals surface area contributed by atoms with Crippen LogP contribution in [-0.2, 0) is 0 Å². The summed E-state index contributed by atoms with van der Waals surface area (Å²) in [5.74, 6) is 1.57. The highest BCUT2D eigenvalue weighted by Crippen LogP contribution is 2.21. The largest absolute Gasteiger partial charge is 0.457 e. The summed E-state index contributed by atoms with van der Waals surface area (Å²) in [6.45, 7) is 0. The van der Waals surface area contributed by atoms with Gasteiger partial charge in [-0.15, -0.1) is 0 Å². The van der Waals surface area contributed by atoms with E-state index < -0.39 is 0 Å². The molecule has 7 heteroatoms. The van der Waals surface area contributed by atoms with E-state index in [1.807, 2.05) is 30.3 Å². The molecular weight excluding hydrogens is 342 g/mol. The number of ether oxygens (including phenoxy) is 1. The Morgan fingerprint density at radius 3 is 2.26 bits per heavy atom. The first-order valence-electron chi connectivity index (χ1n) is 8.24. The molecule has 0 radical (unpaired) electrons. The summed E-state index contributed by atoms with van der Waals surface area (Å²) < 4.78 is 7.26. The van der Waals surface area contributed by atoms with Gasteiger partial charge in [0, 0.05) is 18.0 Å². The zero-order valence-electron chi connectivity index (χ0n) is 14.2. The molecule has 7 nitrogen and oxygen atoms in total. The lowest BCUT2D eigenvalue weighted by Gasteiger charge is -2.08. The topological polar surface area (TPSA) is 81.9 Å². The lowest BCUT2D eigenvalue weighted by atomic mass is 10.2. The monoisotopic (exact) mass is 357 g/mol. The van der Waals surface area contributed by atoms with Gasteiger partial charge in [0.25, 0.3) is 11.9 Å². The van der Waals surface area contributed by atoms with Crippen LogP contribution < -0.4 is 10.1 Å². The van der Waals surface area contributed by atoms with Crippen molar-refractivity contribution in [3.63, 3.8) is 0 Å². The Labute approximate surface area is 155 Å². The second-order valence-corrected chi connectivity index (χ2v) is 5.62. The van der Waals surface area contributed by atoms with Gasteiger partial charge in [0.05, 0.1) is 18.1 Å². The number of carbonyl (C=O) groups is 1. The van der Waals surface area contributed by atoms with E-state index in [9.17, 15) is 4.79 Å². The zero-order valence-corrected chi connectivity index (χ0v) is 14.2. The van der Waals surface area contributed by atoms with Gasteiger partial charge in [0.15, 0.2) is 0 Å². The van der Waals surface area contributed by atoms with Gasteiger partial charge < -0.3 is 10.1 Å². The maximum Gasteiger partial charge on any atom is 0.255 e. The fraction of sp³-hybridized carbons (Fsp3) is 0. The first-order valence-corrected chi connectivity index (χ1v) is 8.24. The number of carbonyl (C=O) groups excluding carboxylic acids is 1. The van der Waals surface area contributed by atoms with Crippen molar-refractivity contribution in [2.75, 3.05) is 5.32 Å². The molecule has 0 aliphatic rings. The van der Waals surface area contributed by atoms with Crippen LogP contribution in [0, 0.1) is 0 Å². The first kappa shape index (κ1) is 16.5. The highest BCUT2D eigenvalue weighted by molar-refractivity contribution is 6.04. The molecule has 0 spiro atoms.